The minimum atomic E-state index is -3.17. The molecule has 1 aliphatic rings. The zero-order chi connectivity index (χ0) is 13.1. The lowest BCUT2D eigenvalue weighted by molar-refractivity contribution is -0.138. The Balaban J connectivity index is 2.88. The van der Waals surface area contributed by atoms with E-state index in [4.69, 9.17) is 10.4 Å². The molecule has 0 aromatic carbocycles. The number of carboxylic acids is 1. The molecule has 1 saturated heterocycles. The highest BCUT2D eigenvalue weighted by Gasteiger charge is 2.35. The van der Waals surface area contributed by atoms with E-state index in [-0.39, 0.29) is 24.5 Å². The second-order valence-electron chi connectivity index (χ2n) is 4.16. The summed E-state index contributed by atoms with van der Waals surface area (Å²) in [4.78, 5) is 12.4. The second kappa shape index (κ2) is 5.47. The molecule has 1 heterocycles. The third-order valence-electron chi connectivity index (χ3n) is 2.92. The van der Waals surface area contributed by atoms with E-state index in [9.17, 15) is 13.2 Å². The Morgan fingerprint density at radius 2 is 2.29 bits per heavy atom. The van der Waals surface area contributed by atoms with Gasteiger partial charge in [-0.05, 0) is 6.42 Å². The standard InChI is InChI=1S/C10H16N2O4S/c1-2-8(6-11)12-3-4-17(15,16)7-9(12)5-10(13)14/h8-9H,2-5,7H2,1H3,(H,13,14). The van der Waals surface area contributed by atoms with Crippen molar-refractivity contribution in [2.24, 2.45) is 0 Å². The Kier molecular flexibility index (Phi) is 4.48. The number of hydrogen-bond donors (Lipinski definition) is 1. The number of rotatable bonds is 4. The summed E-state index contributed by atoms with van der Waals surface area (Å²) >= 11 is 0. The first-order valence-corrected chi connectivity index (χ1v) is 7.29. The van der Waals surface area contributed by atoms with Crippen LogP contribution >= 0.6 is 0 Å². The minimum absolute atomic E-state index is 0.00129. The molecular weight excluding hydrogens is 244 g/mol. The maximum atomic E-state index is 11.5. The van der Waals surface area contributed by atoms with E-state index >= 15 is 0 Å². The van der Waals surface area contributed by atoms with Gasteiger partial charge >= 0.3 is 5.97 Å². The third-order valence-corrected chi connectivity index (χ3v) is 4.62. The van der Waals surface area contributed by atoms with Crippen molar-refractivity contribution >= 4 is 15.8 Å². The first-order chi connectivity index (χ1) is 7.89. The van der Waals surface area contributed by atoms with Crippen LogP contribution < -0.4 is 0 Å². The van der Waals surface area contributed by atoms with E-state index in [1.165, 1.54) is 0 Å². The molecule has 1 rings (SSSR count). The van der Waals surface area contributed by atoms with Crippen molar-refractivity contribution in [3.8, 4) is 6.07 Å². The Labute approximate surface area is 101 Å². The first-order valence-electron chi connectivity index (χ1n) is 5.47. The van der Waals surface area contributed by atoms with Gasteiger partial charge in [0.2, 0.25) is 0 Å². The van der Waals surface area contributed by atoms with Crippen LogP contribution in [0.2, 0.25) is 0 Å². The summed E-state index contributed by atoms with van der Waals surface area (Å²) in [5.74, 6) is -1.21. The normalized spacial score (nSPS) is 26.0. The van der Waals surface area contributed by atoms with E-state index in [0.29, 0.717) is 6.42 Å². The van der Waals surface area contributed by atoms with Gasteiger partial charge in [0.1, 0.15) is 0 Å². The third kappa shape index (κ3) is 3.68. The summed E-state index contributed by atoms with van der Waals surface area (Å²) in [6.07, 6.45) is 0.323. The number of aliphatic carboxylic acids is 1. The van der Waals surface area contributed by atoms with Crippen molar-refractivity contribution in [1.29, 1.82) is 5.26 Å². The Bertz CT molecular complexity index is 426. The monoisotopic (exact) mass is 260 g/mol. The zero-order valence-corrected chi connectivity index (χ0v) is 10.5. The molecule has 0 aliphatic carbocycles. The molecule has 0 aromatic heterocycles. The first kappa shape index (κ1) is 13.9. The predicted molar refractivity (Wildman–Crippen MR) is 61.1 cm³/mol. The fourth-order valence-corrected chi connectivity index (χ4v) is 3.64. The minimum Gasteiger partial charge on any atom is -0.481 e. The van der Waals surface area contributed by atoms with Crippen LogP contribution in [0.15, 0.2) is 0 Å². The molecule has 1 N–H and O–H groups in total. The summed E-state index contributed by atoms with van der Waals surface area (Å²) in [5, 5.41) is 17.7. The summed E-state index contributed by atoms with van der Waals surface area (Å²) in [5.41, 5.74) is 0. The van der Waals surface area contributed by atoms with Gasteiger partial charge in [-0.25, -0.2) is 8.42 Å². The van der Waals surface area contributed by atoms with E-state index in [0.717, 1.165) is 0 Å². The Morgan fingerprint density at radius 3 is 2.76 bits per heavy atom. The van der Waals surface area contributed by atoms with Crippen LogP contribution in [0.4, 0.5) is 0 Å². The molecule has 96 valence electrons. The van der Waals surface area contributed by atoms with Gasteiger partial charge in [0, 0.05) is 12.6 Å². The number of hydrogen-bond acceptors (Lipinski definition) is 5. The SMILES string of the molecule is CCC(C#N)N1CCS(=O)(=O)CC1CC(=O)O. The van der Waals surface area contributed by atoms with Crippen molar-refractivity contribution in [3.63, 3.8) is 0 Å². The predicted octanol–water partition coefficient (Wildman–Crippen LogP) is -0.138. The number of sulfone groups is 1. The molecule has 0 spiro atoms. The van der Waals surface area contributed by atoms with Crippen molar-refractivity contribution in [1.82, 2.24) is 4.90 Å². The van der Waals surface area contributed by atoms with E-state index in [1.54, 1.807) is 4.90 Å². The highest BCUT2D eigenvalue weighted by Crippen LogP contribution is 2.19. The van der Waals surface area contributed by atoms with E-state index in [1.807, 2.05) is 6.92 Å². The fourth-order valence-electron chi connectivity index (χ4n) is 2.09. The highest BCUT2D eigenvalue weighted by molar-refractivity contribution is 7.91. The average molecular weight is 260 g/mol. The summed E-state index contributed by atoms with van der Waals surface area (Å²) in [7, 11) is -3.17. The molecule has 2 atom stereocenters. The van der Waals surface area contributed by atoms with Crippen molar-refractivity contribution in [2.75, 3.05) is 18.1 Å². The fraction of sp³-hybridized carbons (Fsp3) is 0.800. The van der Waals surface area contributed by atoms with Gasteiger partial charge in [0.05, 0.1) is 30.0 Å². The second-order valence-corrected chi connectivity index (χ2v) is 6.39. The van der Waals surface area contributed by atoms with Gasteiger partial charge in [0.15, 0.2) is 9.84 Å². The van der Waals surface area contributed by atoms with Crippen molar-refractivity contribution in [2.45, 2.75) is 31.8 Å². The van der Waals surface area contributed by atoms with E-state index < -0.39 is 27.9 Å². The van der Waals surface area contributed by atoms with Crippen LogP contribution in [0, 0.1) is 11.3 Å². The summed E-state index contributed by atoms with van der Waals surface area (Å²) in [6, 6.07) is 1.10. The molecule has 6 nitrogen and oxygen atoms in total. The van der Waals surface area contributed by atoms with Gasteiger partial charge in [0.25, 0.3) is 0 Å². The number of carbonyl (C=O) groups is 1. The Hall–Kier alpha value is -1.13. The lowest BCUT2D eigenvalue weighted by Gasteiger charge is -2.37. The Morgan fingerprint density at radius 1 is 1.65 bits per heavy atom. The van der Waals surface area contributed by atoms with Gasteiger partial charge in [-0.3, -0.25) is 9.69 Å². The van der Waals surface area contributed by atoms with Crippen LogP contribution in [0.3, 0.4) is 0 Å². The number of carboxylic acid groups (broad SMARTS) is 1. The molecule has 1 aliphatic heterocycles. The van der Waals surface area contributed by atoms with Crippen LogP contribution in [-0.4, -0.2) is 54.5 Å². The molecule has 0 bridgehead atoms. The van der Waals surface area contributed by atoms with Crippen molar-refractivity contribution < 1.29 is 18.3 Å². The molecule has 7 heteroatoms. The van der Waals surface area contributed by atoms with Crippen molar-refractivity contribution in [3.05, 3.63) is 0 Å². The summed E-state index contributed by atoms with van der Waals surface area (Å²) < 4.78 is 23.0. The van der Waals surface area contributed by atoms with Crippen LogP contribution in [0.5, 0.6) is 0 Å². The van der Waals surface area contributed by atoms with Gasteiger partial charge in [-0.15, -0.1) is 0 Å². The van der Waals surface area contributed by atoms with E-state index in [2.05, 4.69) is 6.07 Å². The molecule has 0 amide bonds. The maximum Gasteiger partial charge on any atom is 0.304 e. The molecule has 1 fully saturated rings. The lowest BCUT2D eigenvalue weighted by atomic mass is 10.1. The summed E-state index contributed by atoms with van der Waals surface area (Å²) in [6.45, 7) is 2.07. The quantitative estimate of drug-likeness (QED) is 0.755. The topological polar surface area (TPSA) is 98.5 Å². The molecule has 0 radical (unpaired) electrons. The zero-order valence-electron chi connectivity index (χ0n) is 9.66. The highest BCUT2D eigenvalue weighted by atomic mass is 32.2. The van der Waals surface area contributed by atoms with Gasteiger partial charge < -0.3 is 5.11 Å². The number of nitriles is 1. The molecule has 0 aromatic rings. The van der Waals surface area contributed by atoms with Crippen LogP contribution in [-0.2, 0) is 14.6 Å². The van der Waals surface area contributed by atoms with Crippen LogP contribution in [0.1, 0.15) is 19.8 Å². The number of nitrogens with zero attached hydrogens (tertiary/aromatic N) is 2. The molecular formula is C10H16N2O4S. The molecule has 0 saturated carbocycles. The van der Waals surface area contributed by atoms with Gasteiger partial charge in [-0.2, -0.15) is 5.26 Å². The maximum absolute atomic E-state index is 11.5. The van der Waals surface area contributed by atoms with Crippen LogP contribution in [0.25, 0.3) is 0 Å². The average Bonchev–Trinajstić information content (AvgIpc) is 2.21. The van der Waals surface area contributed by atoms with Gasteiger partial charge in [-0.1, -0.05) is 6.92 Å². The smallest absolute Gasteiger partial charge is 0.304 e. The lowest BCUT2D eigenvalue weighted by Crippen LogP contribution is -2.53. The molecule has 17 heavy (non-hydrogen) atoms. The molecule has 2 unspecified atom stereocenters. The largest absolute Gasteiger partial charge is 0.481 e.